The zero-order chi connectivity index (χ0) is 9.68. The molecule has 0 aliphatic heterocycles. The van der Waals surface area contributed by atoms with E-state index in [1.807, 2.05) is 13.1 Å². The summed E-state index contributed by atoms with van der Waals surface area (Å²) in [4.78, 5) is 8.42. The molecule has 0 amide bonds. The molecule has 1 N–H and O–H groups in total. The van der Waals surface area contributed by atoms with Gasteiger partial charge in [-0.3, -0.25) is 9.97 Å². The van der Waals surface area contributed by atoms with Crippen LogP contribution in [0.25, 0.3) is 0 Å². The highest BCUT2D eigenvalue weighted by atomic mass is 14.9. The molecular weight excluding hydrogens is 162 g/mol. The first kappa shape index (κ1) is 10.1. The summed E-state index contributed by atoms with van der Waals surface area (Å²) in [6.45, 7) is 8.15. The largest absolute Gasteiger partial charge is 0.311 e. The first-order valence-corrected chi connectivity index (χ1v) is 4.66. The van der Waals surface area contributed by atoms with E-state index in [4.69, 9.17) is 0 Å². The molecular formula is C10H17N3. The van der Waals surface area contributed by atoms with E-state index in [2.05, 4.69) is 29.1 Å². The van der Waals surface area contributed by atoms with E-state index in [0.717, 1.165) is 24.5 Å². The van der Waals surface area contributed by atoms with Gasteiger partial charge in [0.1, 0.15) is 0 Å². The molecule has 1 rings (SSSR count). The van der Waals surface area contributed by atoms with Crippen LogP contribution < -0.4 is 5.32 Å². The Kier molecular flexibility index (Phi) is 3.83. The van der Waals surface area contributed by atoms with Crippen molar-refractivity contribution in [3.8, 4) is 0 Å². The lowest BCUT2D eigenvalue weighted by molar-refractivity contribution is 0.547. The Morgan fingerprint density at radius 1 is 1.31 bits per heavy atom. The van der Waals surface area contributed by atoms with Crippen LogP contribution in [0.2, 0.25) is 0 Å². The number of hydrogen-bond donors (Lipinski definition) is 1. The van der Waals surface area contributed by atoms with Crippen LogP contribution in [0.15, 0.2) is 12.4 Å². The Morgan fingerprint density at radius 2 is 2.08 bits per heavy atom. The van der Waals surface area contributed by atoms with Crippen molar-refractivity contribution >= 4 is 0 Å². The third-order valence-corrected chi connectivity index (χ3v) is 1.69. The molecule has 0 aliphatic carbocycles. The Labute approximate surface area is 79.6 Å². The summed E-state index contributed by atoms with van der Waals surface area (Å²) in [6, 6.07) is 0. The summed E-state index contributed by atoms with van der Waals surface area (Å²) in [6.07, 6.45) is 3.62. The number of nitrogens with zero attached hydrogens (tertiary/aromatic N) is 2. The number of rotatable bonds is 4. The van der Waals surface area contributed by atoms with Crippen LogP contribution in [-0.4, -0.2) is 16.5 Å². The first-order chi connectivity index (χ1) is 6.18. The van der Waals surface area contributed by atoms with E-state index >= 15 is 0 Å². The third kappa shape index (κ3) is 3.99. The molecule has 0 radical (unpaired) electrons. The molecule has 1 aromatic heterocycles. The van der Waals surface area contributed by atoms with Crippen molar-refractivity contribution in [2.45, 2.75) is 27.3 Å². The van der Waals surface area contributed by atoms with Crippen LogP contribution in [0.1, 0.15) is 25.2 Å². The second kappa shape index (κ2) is 4.92. The molecule has 13 heavy (non-hydrogen) atoms. The monoisotopic (exact) mass is 179 g/mol. The molecule has 0 spiro atoms. The molecule has 0 saturated heterocycles. The van der Waals surface area contributed by atoms with E-state index in [-0.39, 0.29) is 0 Å². The minimum atomic E-state index is 0.679. The molecule has 0 saturated carbocycles. The van der Waals surface area contributed by atoms with Gasteiger partial charge in [0.25, 0.3) is 0 Å². The number of aryl methyl sites for hydroxylation is 1. The van der Waals surface area contributed by atoms with Gasteiger partial charge in [0, 0.05) is 18.9 Å². The van der Waals surface area contributed by atoms with Crippen LogP contribution in [0.5, 0.6) is 0 Å². The minimum Gasteiger partial charge on any atom is -0.311 e. The molecule has 72 valence electrons. The van der Waals surface area contributed by atoms with Crippen LogP contribution >= 0.6 is 0 Å². The van der Waals surface area contributed by atoms with E-state index in [9.17, 15) is 0 Å². The van der Waals surface area contributed by atoms with E-state index < -0.39 is 0 Å². The van der Waals surface area contributed by atoms with Gasteiger partial charge in [-0.15, -0.1) is 0 Å². The van der Waals surface area contributed by atoms with Gasteiger partial charge in [0.2, 0.25) is 0 Å². The van der Waals surface area contributed by atoms with Gasteiger partial charge in [-0.05, 0) is 19.4 Å². The third-order valence-electron chi connectivity index (χ3n) is 1.69. The van der Waals surface area contributed by atoms with Crippen LogP contribution in [0.4, 0.5) is 0 Å². The number of nitrogens with one attached hydrogen (secondary N) is 1. The maximum atomic E-state index is 4.25. The van der Waals surface area contributed by atoms with E-state index in [1.165, 1.54) is 0 Å². The molecule has 0 fully saturated rings. The lowest BCUT2D eigenvalue weighted by Gasteiger charge is -2.06. The summed E-state index contributed by atoms with van der Waals surface area (Å²) >= 11 is 0. The molecule has 1 aromatic rings. The predicted octanol–water partition coefficient (Wildman–Crippen LogP) is 1.53. The highest BCUT2D eigenvalue weighted by Crippen LogP contribution is 1.94. The summed E-state index contributed by atoms with van der Waals surface area (Å²) < 4.78 is 0. The van der Waals surface area contributed by atoms with Crippen molar-refractivity contribution < 1.29 is 0 Å². The fourth-order valence-corrected chi connectivity index (χ4v) is 1.000. The molecule has 1 heterocycles. The second-order valence-electron chi connectivity index (χ2n) is 3.67. The Bertz CT molecular complexity index is 241. The molecule has 0 atom stereocenters. The highest BCUT2D eigenvalue weighted by molar-refractivity contribution is 4.99. The van der Waals surface area contributed by atoms with Crippen molar-refractivity contribution in [3.63, 3.8) is 0 Å². The van der Waals surface area contributed by atoms with Crippen molar-refractivity contribution in [2.24, 2.45) is 5.92 Å². The second-order valence-corrected chi connectivity index (χ2v) is 3.67. The summed E-state index contributed by atoms with van der Waals surface area (Å²) in [5.74, 6) is 0.679. The lowest BCUT2D eigenvalue weighted by Crippen LogP contribution is -2.19. The smallest absolute Gasteiger partial charge is 0.0724 e. The fourth-order valence-electron chi connectivity index (χ4n) is 1.000. The van der Waals surface area contributed by atoms with E-state index in [0.29, 0.717) is 5.92 Å². The summed E-state index contributed by atoms with van der Waals surface area (Å²) in [5.41, 5.74) is 1.97. The maximum Gasteiger partial charge on any atom is 0.0724 e. The van der Waals surface area contributed by atoms with Crippen molar-refractivity contribution in [2.75, 3.05) is 6.54 Å². The Morgan fingerprint density at radius 3 is 2.62 bits per heavy atom. The molecule has 0 aromatic carbocycles. The first-order valence-electron chi connectivity index (χ1n) is 4.66. The molecule has 0 unspecified atom stereocenters. The van der Waals surface area contributed by atoms with Crippen LogP contribution in [0.3, 0.4) is 0 Å². The van der Waals surface area contributed by atoms with Crippen molar-refractivity contribution in [1.82, 2.24) is 15.3 Å². The standard InChI is InChI=1S/C10H17N3/c1-8(2)4-11-6-10-7-12-9(3)5-13-10/h5,7-8,11H,4,6H2,1-3H3. The van der Waals surface area contributed by atoms with Gasteiger partial charge >= 0.3 is 0 Å². The minimum absolute atomic E-state index is 0.679. The van der Waals surface area contributed by atoms with Gasteiger partial charge in [-0.1, -0.05) is 13.8 Å². The van der Waals surface area contributed by atoms with Crippen LogP contribution in [0, 0.1) is 12.8 Å². The summed E-state index contributed by atoms with van der Waals surface area (Å²) in [5, 5.41) is 3.32. The topological polar surface area (TPSA) is 37.8 Å². The van der Waals surface area contributed by atoms with Gasteiger partial charge in [0.05, 0.1) is 11.4 Å². The normalized spacial score (nSPS) is 10.8. The van der Waals surface area contributed by atoms with Gasteiger partial charge < -0.3 is 5.32 Å². The maximum absolute atomic E-state index is 4.25. The molecule has 3 heteroatoms. The highest BCUT2D eigenvalue weighted by Gasteiger charge is 1.96. The Hall–Kier alpha value is -0.960. The van der Waals surface area contributed by atoms with Crippen molar-refractivity contribution in [1.29, 1.82) is 0 Å². The SMILES string of the molecule is Cc1cnc(CNCC(C)C)cn1. The lowest BCUT2D eigenvalue weighted by atomic mass is 10.2. The fraction of sp³-hybridized carbons (Fsp3) is 0.600. The zero-order valence-electron chi connectivity index (χ0n) is 8.54. The van der Waals surface area contributed by atoms with Gasteiger partial charge in [0.15, 0.2) is 0 Å². The summed E-state index contributed by atoms with van der Waals surface area (Å²) in [7, 11) is 0. The molecule has 0 bridgehead atoms. The predicted molar refractivity (Wildman–Crippen MR) is 53.3 cm³/mol. The number of aromatic nitrogens is 2. The quantitative estimate of drug-likeness (QED) is 0.761. The number of hydrogen-bond acceptors (Lipinski definition) is 3. The van der Waals surface area contributed by atoms with Crippen molar-refractivity contribution in [3.05, 3.63) is 23.8 Å². The Balaban J connectivity index is 2.33. The molecule has 0 aliphatic rings. The van der Waals surface area contributed by atoms with Crippen LogP contribution in [-0.2, 0) is 6.54 Å². The van der Waals surface area contributed by atoms with Gasteiger partial charge in [-0.25, -0.2) is 0 Å². The zero-order valence-corrected chi connectivity index (χ0v) is 8.54. The van der Waals surface area contributed by atoms with Gasteiger partial charge in [-0.2, -0.15) is 0 Å². The molecule has 3 nitrogen and oxygen atoms in total. The average Bonchev–Trinajstić information content (AvgIpc) is 2.08. The average molecular weight is 179 g/mol. The van der Waals surface area contributed by atoms with E-state index in [1.54, 1.807) is 6.20 Å².